The maximum atomic E-state index is 11.6. The van der Waals surface area contributed by atoms with Gasteiger partial charge in [-0.05, 0) is 31.8 Å². The van der Waals surface area contributed by atoms with Crippen LogP contribution in [0.2, 0.25) is 0 Å². The van der Waals surface area contributed by atoms with E-state index in [4.69, 9.17) is 10.8 Å². The molecule has 0 radical (unpaired) electrons. The number of rotatable bonds is 7. The predicted molar refractivity (Wildman–Crippen MR) is 68.7 cm³/mol. The highest BCUT2D eigenvalue weighted by Crippen LogP contribution is 2.16. The molecule has 0 saturated carbocycles. The number of aliphatic hydroxyl groups is 1. The first-order chi connectivity index (χ1) is 8.43. The number of piperidine rings is 1. The van der Waals surface area contributed by atoms with Crippen molar-refractivity contribution in [2.24, 2.45) is 11.7 Å². The van der Waals surface area contributed by atoms with Gasteiger partial charge in [-0.2, -0.15) is 0 Å². The van der Waals surface area contributed by atoms with Crippen LogP contribution >= 0.6 is 0 Å². The zero-order chi connectivity index (χ0) is 13.6. The molecule has 0 aromatic rings. The molecule has 0 aliphatic carbocycles. The highest BCUT2D eigenvalue weighted by atomic mass is 32.2. The molecule has 1 fully saturated rings. The van der Waals surface area contributed by atoms with Gasteiger partial charge in [-0.3, -0.25) is 4.79 Å². The Labute approximate surface area is 108 Å². The van der Waals surface area contributed by atoms with E-state index in [9.17, 15) is 13.2 Å². The zero-order valence-electron chi connectivity index (χ0n) is 10.5. The topological polar surface area (TPSA) is 101 Å². The molecule has 0 aromatic heterocycles. The maximum absolute atomic E-state index is 11.6. The van der Waals surface area contributed by atoms with Crippen LogP contribution in [-0.4, -0.2) is 62.1 Å². The predicted octanol–water partition coefficient (Wildman–Crippen LogP) is -1.02. The molecule has 0 spiro atoms. The molecule has 0 unspecified atom stereocenters. The summed E-state index contributed by atoms with van der Waals surface area (Å²) in [5.41, 5.74) is 4.93. The van der Waals surface area contributed by atoms with Crippen molar-refractivity contribution in [2.45, 2.75) is 19.3 Å². The number of nitrogens with two attached hydrogens (primary N) is 1. The maximum Gasteiger partial charge on any atom is 0.218 e. The van der Waals surface area contributed by atoms with Crippen LogP contribution in [0.5, 0.6) is 0 Å². The SMILES string of the molecule is NC(=O)CCS(=O)(=O)CCN1CCC(CO)CC1. The normalized spacial score (nSPS) is 18.9. The van der Waals surface area contributed by atoms with Gasteiger partial charge in [0.2, 0.25) is 5.91 Å². The standard InChI is InChI=1S/C11H22N2O4S/c12-11(15)3-7-18(16,17)8-6-13-4-1-10(9-14)2-5-13/h10,14H,1-9H2,(H2,12,15). The first-order valence-electron chi connectivity index (χ1n) is 6.25. The third-order valence-electron chi connectivity index (χ3n) is 3.34. The molecule has 0 atom stereocenters. The van der Waals surface area contributed by atoms with E-state index in [-0.39, 0.29) is 24.5 Å². The first-order valence-corrected chi connectivity index (χ1v) is 8.07. The second-order valence-corrected chi connectivity index (χ2v) is 7.14. The van der Waals surface area contributed by atoms with Crippen LogP contribution in [0.15, 0.2) is 0 Å². The number of hydrogen-bond acceptors (Lipinski definition) is 5. The van der Waals surface area contributed by atoms with Crippen molar-refractivity contribution in [3.05, 3.63) is 0 Å². The number of nitrogens with zero attached hydrogens (tertiary/aromatic N) is 1. The molecule has 3 N–H and O–H groups in total. The van der Waals surface area contributed by atoms with Crippen LogP contribution in [0, 0.1) is 5.92 Å². The summed E-state index contributed by atoms with van der Waals surface area (Å²) in [6.45, 7) is 2.37. The molecular weight excluding hydrogens is 256 g/mol. The van der Waals surface area contributed by atoms with Crippen molar-refractivity contribution in [3.63, 3.8) is 0 Å². The van der Waals surface area contributed by atoms with Crippen LogP contribution in [0.25, 0.3) is 0 Å². The van der Waals surface area contributed by atoms with Gasteiger partial charge in [-0.15, -0.1) is 0 Å². The Morgan fingerprint density at radius 3 is 2.39 bits per heavy atom. The average Bonchev–Trinajstić information content (AvgIpc) is 2.35. The van der Waals surface area contributed by atoms with E-state index in [2.05, 4.69) is 4.90 Å². The number of carbonyl (C=O) groups excluding carboxylic acids is 1. The third-order valence-corrected chi connectivity index (χ3v) is 4.97. The molecule has 6 nitrogen and oxygen atoms in total. The van der Waals surface area contributed by atoms with Gasteiger partial charge >= 0.3 is 0 Å². The number of amides is 1. The second kappa shape index (κ2) is 7.06. The highest BCUT2D eigenvalue weighted by Gasteiger charge is 2.20. The number of sulfone groups is 1. The minimum Gasteiger partial charge on any atom is -0.396 e. The molecule has 0 aromatic carbocycles. The quantitative estimate of drug-likeness (QED) is 0.621. The van der Waals surface area contributed by atoms with E-state index >= 15 is 0 Å². The Bertz CT molecular complexity index is 361. The molecule has 1 amide bonds. The summed E-state index contributed by atoms with van der Waals surface area (Å²) in [6, 6.07) is 0. The summed E-state index contributed by atoms with van der Waals surface area (Å²) in [7, 11) is -3.19. The smallest absolute Gasteiger partial charge is 0.218 e. The summed E-state index contributed by atoms with van der Waals surface area (Å²) >= 11 is 0. The van der Waals surface area contributed by atoms with Gasteiger partial charge in [-0.25, -0.2) is 8.42 Å². The van der Waals surface area contributed by atoms with E-state index in [0.717, 1.165) is 25.9 Å². The van der Waals surface area contributed by atoms with Gasteiger partial charge in [0.1, 0.15) is 0 Å². The Hall–Kier alpha value is -0.660. The van der Waals surface area contributed by atoms with E-state index in [1.54, 1.807) is 0 Å². The monoisotopic (exact) mass is 278 g/mol. The molecule has 7 heteroatoms. The van der Waals surface area contributed by atoms with Crippen LogP contribution < -0.4 is 5.73 Å². The first kappa shape index (κ1) is 15.4. The number of primary amides is 1. The molecule has 18 heavy (non-hydrogen) atoms. The number of carbonyl (C=O) groups is 1. The lowest BCUT2D eigenvalue weighted by Crippen LogP contribution is -2.38. The summed E-state index contributed by atoms with van der Waals surface area (Å²) in [4.78, 5) is 12.6. The van der Waals surface area contributed by atoms with Gasteiger partial charge in [0.15, 0.2) is 9.84 Å². The fraction of sp³-hybridized carbons (Fsp3) is 0.909. The lowest BCUT2D eigenvalue weighted by molar-refractivity contribution is -0.117. The Morgan fingerprint density at radius 1 is 1.28 bits per heavy atom. The van der Waals surface area contributed by atoms with Crippen LogP contribution in [0.4, 0.5) is 0 Å². The van der Waals surface area contributed by atoms with E-state index in [1.165, 1.54) is 0 Å². The molecule has 106 valence electrons. The minimum atomic E-state index is -3.19. The molecule has 0 bridgehead atoms. The summed E-state index contributed by atoms with van der Waals surface area (Å²) in [5, 5.41) is 9.00. The van der Waals surface area contributed by atoms with Gasteiger partial charge in [0.05, 0.1) is 11.5 Å². The molecule has 1 rings (SSSR count). The average molecular weight is 278 g/mol. The highest BCUT2D eigenvalue weighted by molar-refractivity contribution is 7.91. The minimum absolute atomic E-state index is 0.0735. The largest absolute Gasteiger partial charge is 0.396 e. The second-order valence-electron chi connectivity index (χ2n) is 4.84. The van der Waals surface area contributed by atoms with E-state index in [1.807, 2.05) is 0 Å². The zero-order valence-corrected chi connectivity index (χ0v) is 11.4. The van der Waals surface area contributed by atoms with Crippen LogP contribution in [0.3, 0.4) is 0 Å². The van der Waals surface area contributed by atoms with Crippen molar-refractivity contribution >= 4 is 15.7 Å². The fourth-order valence-electron chi connectivity index (χ4n) is 2.02. The van der Waals surface area contributed by atoms with Gasteiger partial charge in [0.25, 0.3) is 0 Å². The van der Waals surface area contributed by atoms with E-state index in [0.29, 0.717) is 12.5 Å². The van der Waals surface area contributed by atoms with Crippen molar-refractivity contribution in [1.29, 1.82) is 0 Å². The summed E-state index contributed by atoms with van der Waals surface area (Å²) in [5.74, 6) is -0.311. The molecular formula is C11H22N2O4S. The van der Waals surface area contributed by atoms with Gasteiger partial charge < -0.3 is 15.7 Å². The van der Waals surface area contributed by atoms with Crippen LogP contribution in [-0.2, 0) is 14.6 Å². The van der Waals surface area contributed by atoms with Crippen molar-refractivity contribution in [2.75, 3.05) is 37.7 Å². The fourth-order valence-corrected chi connectivity index (χ4v) is 3.27. The summed E-state index contributed by atoms with van der Waals surface area (Å²) in [6.07, 6.45) is 1.73. The molecule has 1 saturated heterocycles. The number of likely N-dealkylation sites (tertiary alicyclic amines) is 1. The van der Waals surface area contributed by atoms with Crippen molar-refractivity contribution < 1.29 is 18.3 Å². The lowest BCUT2D eigenvalue weighted by atomic mass is 9.98. The Kier molecular flexibility index (Phi) is 6.04. The van der Waals surface area contributed by atoms with Crippen molar-refractivity contribution in [3.8, 4) is 0 Å². The van der Waals surface area contributed by atoms with Crippen molar-refractivity contribution in [1.82, 2.24) is 4.90 Å². The summed E-state index contributed by atoms with van der Waals surface area (Å²) < 4.78 is 23.2. The van der Waals surface area contributed by atoms with Gasteiger partial charge in [-0.1, -0.05) is 0 Å². The molecule has 1 aliphatic rings. The number of aliphatic hydroxyl groups excluding tert-OH is 1. The molecule has 1 aliphatic heterocycles. The molecule has 1 heterocycles. The van der Waals surface area contributed by atoms with E-state index < -0.39 is 15.7 Å². The Balaban J connectivity index is 2.26. The van der Waals surface area contributed by atoms with Gasteiger partial charge in [0, 0.05) is 19.6 Å². The lowest BCUT2D eigenvalue weighted by Gasteiger charge is -2.30. The third kappa shape index (κ3) is 5.79. The Morgan fingerprint density at radius 2 is 1.89 bits per heavy atom. The van der Waals surface area contributed by atoms with Crippen LogP contribution in [0.1, 0.15) is 19.3 Å². The number of hydrogen-bond donors (Lipinski definition) is 2.